The third kappa shape index (κ3) is 4.24. The van der Waals surface area contributed by atoms with E-state index in [1.165, 1.54) is 12.1 Å². The molecule has 0 bridgehead atoms. The Morgan fingerprint density at radius 3 is 2.00 bits per heavy atom. The number of nitrogens with zero attached hydrogens (tertiary/aromatic N) is 1. The fourth-order valence-electron chi connectivity index (χ4n) is 0.863. The molecule has 2 aromatic heterocycles. The molecule has 0 aliphatic heterocycles. The number of furan rings is 1. The van der Waals surface area contributed by atoms with Gasteiger partial charge in [-0.2, -0.15) is 8.42 Å². The lowest BCUT2D eigenvalue weighted by atomic mass is 10.5. The standard InChI is InChI=1S/C5H5N.C5H6O4S/c1-2-4-6-5-3-1;1-4-2-3-5(9-4)10(6,7)8/h1-5H;2-3H,1H3,(H,6,7,8). The van der Waals surface area contributed by atoms with Crippen LogP contribution in [0.25, 0.3) is 0 Å². The summed E-state index contributed by atoms with van der Waals surface area (Å²) >= 11 is 0. The fraction of sp³-hybridized carbons (Fsp3) is 0.100. The largest absolute Gasteiger partial charge is 0.448 e. The fourth-order valence-corrected chi connectivity index (χ4v) is 1.34. The lowest BCUT2D eigenvalue weighted by Crippen LogP contribution is -1.94. The molecule has 5 nitrogen and oxygen atoms in total. The van der Waals surface area contributed by atoms with Crippen LogP contribution in [0, 0.1) is 6.92 Å². The minimum Gasteiger partial charge on any atom is -0.448 e. The van der Waals surface area contributed by atoms with E-state index in [0.29, 0.717) is 5.76 Å². The Morgan fingerprint density at radius 1 is 1.19 bits per heavy atom. The predicted octanol–water partition coefficient (Wildman–Crippen LogP) is 1.92. The van der Waals surface area contributed by atoms with E-state index >= 15 is 0 Å². The molecule has 0 unspecified atom stereocenters. The Balaban J connectivity index is 0.000000181. The number of aryl methyl sites for hydroxylation is 1. The van der Waals surface area contributed by atoms with Gasteiger partial charge in [0.15, 0.2) is 0 Å². The molecular formula is C10H11NO4S. The Hall–Kier alpha value is -1.66. The Morgan fingerprint density at radius 2 is 1.81 bits per heavy atom. The van der Waals surface area contributed by atoms with Crippen LogP contribution >= 0.6 is 0 Å². The molecule has 2 rings (SSSR count). The van der Waals surface area contributed by atoms with Gasteiger partial charge in [0.1, 0.15) is 5.76 Å². The van der Waals surface area contributed by atoms with Gasteiger partial charge < -0.3 is 4.42 Å². The number of hydrogen-bond acceptors (Lipinski definition) is 4. The summed E-state index contributed by atoms with van der Waals surface area (Å²) in [5, 5.41) is -0.412. The average molecular weight is 241 g/mol. The summed E-state index contributed by atoms with van der Waals surface area (Å²) in [5.74, 6) is 0.452. The molecule has 0 radical (unpaired) electrons. The van der Waals surface area contributed by atoms with E-state index in [4.69, 9.17) is 4.55 Å². The number of rotatable bonds is 1. The molecule has 1 N–H and O–H groups in total. The molecule has 0 aromatic carbocycles. The normalized spacial score (nSPS) is 10.4. The molecule has 2 heterocycles. The summed E-state index contributed by atoms with van der Waals surface area (Å²) < 4.78 is 33.6. The first kappa shape index (κ1) is 12.4. The summed E-state index contributed by atoms with van der Waals surface area (Å²) in [6.45, 7) is 1.59. The van der Waals surface area contributed by atoms with Crippen LogP contribution in [0.3, 0.4) is 0 Å². The molecule has 6 heteroatoms. The van der Waals surface area contributed by atoms with E-state index in [1.807, 2.05) is 18.2 Å². The highest BCUT2D eigenvalue weighted by Crippen LogP contribution is 2.11. The quantitative estimate of drug-likeness (QED) is 0.771. The highest BCUT2D eigenvalue weighted by atomic mass is 32.2. The predicted molar refractivity (Wildman–Crippen MR) is 57.5 cm³/mol. The van der Waals surface area contributed by atoms with Crippen LogP contribution in [0.4, 0.5) is 0 Å². The first-order valence-electron chi connectivity index (χ1n) is 4.39. The van der Waals surface area contributed by atoms with Crippen LogP contribution in [0.2, 0.25) is 0 Å². The molecule has 0 atom stereocenters. The number of aromatic nitrogens is 1. The van der Waals surface area contributed by atoms with Crippen molar-refractivity contribution in [3.05, 3.63) is 48.5 Å². The van der Waals surface area contributed by atoms with Gasteiger partial charge >= 0.3 is 10.1 Å². The average Bonchev–Trinajstić information content (AvgIpc) is 2.68. The molecule has 0 aliphatic rings. The molecule has 0 fully saturated rings. The highest BCUT2D eigenvalue weighted by molar-refractivity contribution is 7.85. The van der Waals surface area contributed by atoms with Gasteiger partial charge in [-0.05, 0) is 31.2 Å². The minimum absolute atomic E-state index is 0.412. The van der Waals surface area contributed by atoms with Gasteiger partial charge in [-0.15, -0.1) is 0 Å². The van der Waals surface area contributed by atoms with E-state index in [-0.39, 0.29) is 0 Å². The second-order valence-electron chi connectivity index (χ2n) is 2.86. The van der Waals surface area contributed by atoms with Crippen molar-refractivity contribution in [2.24, 2.45) is 0 Å². The maximum Gasteiger partial charge on any atom is 0.328 e. The second kappa shape index (κ2) is 5.43. The number of hydrogen-bond donors (Lipinski definition) is 1. The lowest BCUT2D eigenvalue weighted by molar-refractivity contribution is 0.394. The molecule has 16 heavy (non-hydrogen) atoms. The van der Waals surface area contributed by atoms with Gasteiger partial charge in [0.2, 0.25) is 5.09 Å². The smallest absolute Gasteiger partial charge is 0.328 e. The minimum atomic E-state index is -4.15. The van der Waals surface area contributed by atoms with E-state index in [1.54, 1.807) is 19.3 Å². The third-order valence-electron chi connectivity index (χ3n) is 1.54. The third-order valence-corrected chi connectivity index (χ3v) is 2.26. The van der Waals surface area contributed by atoms with Crippen molar-refractivity contribution in [3.8, 4) is 0 Å². The highest BCUT2D eigenvalue weighted by Gasteiger charge is 2.12. The van der Waals surface area contributed by atoms with Gasteiger partial charge in [-0.3, -0.25) is 9.54 Å². The van der Waals surface area contributed by atoms with Crippen LogP contribution in [0.1, 0.15) is 5.76 Å². The van der Waals surface area contributed by atoms with E-state index < -0.39 is 15.2 Å². The molecule has 0 amide bonds. The summed E-state index contributed by atoms with van der Waals surface area (Å²) in [6.07, 6.45) is 3.50. The Labute approximate surface area is 93.5 Å². The second-order valence-corrected chi connectivity index (χ2v) is 4.22. The maximum atomic E-state index is 10.3. The molecule has 86 valence electrons. The van der Waals surface area contributed by atoms with Crippen molar-refractivity contribution in [1.82, 2.24) is 4.98 Å². The van der Waals surface area contributed by atoms with Gasteiger partial charge in [-0.1, -0.05) is 6.07 Å². The SMILES string of the molecule is Cc1ccc(S(=O)(=O)O)o1.c1ccncc1. The Bertz CT molecular complexity index is 492. The zero-order valence-electron chi connectivity index (χ0n) is 8.57. The van der Waals surface area contributed by atoms with Crippen LogP contribution in [0.15, 0.2) is 52.2 Å². The molecule has 0 aliphatic carbocycles. The molecule has 2 aromatic rings. The van der Waals surface area contributed by atoms with Crippen molar-refractivity contribution in [2.45, 2.75) is 12.0 Å². The maximum absolute atomic E-state index is 10.3. The van der Waals surface area contributed by atoms with Gasteiger partial charge in [0, 0.05) is 12.4 Å². The monoisotopic (exact) mass is 241 g/mol. The first-order valence-corrected chi connectivity index (χ1v) is 5.83. The molecular weight excluding hydrogens is 230 g/mol. The van der Waals surface area contributed by atoms with Crippen molar-refractivity contribution < 1.29 is 17.4 Å². The molecule has 0 spiro atoms. The summed E-state index contributed by atoms with van der Waals surface area (Å²) in [4.78, 5) is 3.78. The first-order chi connectivity index (χ1) is 7.50. The lowest BCUT2D eigenvalue weighted by Gasteiger charge is -1.86. The van der Waals surface area contributed by atoms with Crippen LogP contribution in [-0.2, 0) is 10.1 Å². The van der Waals surface area contributed by atoms with Crippen LogP contribution in [-0.4, -0.2) is 18.0 Å². The van der Waals surface area contributed by atoms with Crippen LogP contribution in [0.5, 0.6) is 0 Å². The van der Waals surface area contributed by atoms with E-state index in [0.717, 1.165) is 0 Å². The van der Waals surface area contributed by atoms with Crippen molar-refractivity contribution in [1.29, 1.82) is 0 Å². The molecule has 0 saturated heterocycles. The summed E-state index contributed by atoms with van der Waals surface area (Å²) in [6, 6.07) is 8.38. The number of pyridine rings is 1. The van der Waals surface area contributed by atoms with Crippen molar-refractivity contribution in [2.75, 3.05) is 0 Å². The zero-order valence-corrected chi connectivity index (χ0v) is 9.39. The van der Waals surface area contributed by atoms with Gasteiger partial charge in [-0.25, -0.2) is 0 Å². The summed E-state index contributed by atoms with van der Waals surface area (Å²) in [7, 11) is -4.15. The molecule has 0 saturated carbocycles. The topological polar surface area (TPSA) is 80.4 Å². The summed E-state index contributed by atoms with van der Waals surface area (Å²) in [5.41, 5.74) is 0. The van der Waals surface area contributed by atoms with E-state index in [9.17, 15) is 8.42 Å². The van der Waals surface area contributed by atoms with Gasteiger partial charge in [0.25, 0.3) is 0 Å². The van der Waals surface area contributed by atoms with Gasteiger partial charge in [0.05, 0.1) is 0 Å². The Kier molecular flexibility index (Phi) is 4.21. The van der Waals surface area contributed by atoms with Crippen molar-refractivity contribution >= 4 is 10.1 Å². The van der Waals surface area contributed by atoms with Crippen molar-refractivity contribution in [3.63, 3.8) is 0 Å². The van der Waals surface area contributed by atoms with Crippen LogP contribution < -0.4 is 0 Å². The van der Waals surface area contributed by atoms with E-state index in [2.05, 4.69) is 9.40 Å². The zero-order chi connectivity index (χ0) is 12.0.